The Hall–Kier alpha value is -5.16. The van der Waals surface area contributed by atoms with Crippen LogP contribution in [0.3, 0.4) is 0 Å². The lowest BCUT2D eigenvalue weighted by atomic mass is 10.1. The molecule has 3 N–H and O–H groups in total. The average Bonchev–Trinajstić information content (AvgIpc) is 3.47. The number of carbonyl (C=O) groups is 3. The predicted molar refractivity (Wildman–Crippen MR) is 164 cm³/mol. The molecule has 0 spiro atoms. The lowest BCUT2D eigenvalue weighted by molar-refractivity contribution is 0.0786. The van der Waals surface area contributed by atoms with Gasteiger partial charge in [-0.3, -0.25) is 9.59 Å². The molecule has 1 aliphatic heterocycles. The number of H-pyrrole nitrogens is 1. The van der Waals surface area contributed by atoms with E-state index < -0.39 is 11.8 Å². The number of aryl methyl sites for hydroxylation is 1. The van der Waals surface area contributed by atoms with Crippen LogP contribution in [0.25, 0.3) is 17.0 Å². The number of nitrogens with zero attached hydrogens (tertiary/aromatic N) is 2. The monoisotopic (exact) mass is 585 g/mol. The molecule has 10 nitrogen and oxygen atoms in total. The van der Waals surface area contributed by atoms with E-state index in [0.29, 0.717) is 57.1 Å². The summed E-state index contributed by atoms with van der Waals surface area (Å²) in [7, 11) is 7.10. The van der Waals surface area contributed by atoms with Crippen LogP contribution in [0.15, 0.2) is 60.4 Å². The standard InChI is InChI=1S/C32H32FN5O5/c1-18-23(24-15-22(42-5)16-26(33)29(24)34-18)17-28-30(39)25-14-21(10-11-27(25)43-28)36-32(41)35-20-8-6-19(7-9-20)31(40)38(4)13-12-37(2)3/h6-11,14-17,34H,12-13H2,1-5H3,(H2,35,36,41)/b28-17-. The minimum absolute atomic E-state index is 0.0748. The maximum Gasteiger partial charge on any atom is 0.323 e. The third-order valence-corrected chi connectivity index (χ3v) is 7.13. The minimum Gasteiger partial charge on any atom is -0.497 e. The Bertz CT molecular complexity index is 1760. The molecule has 4 aromatic rings. The summed E-state index contributed by atoms with van der Waals surface area (Å²) >= 11 is 0. The summed E-state index contributed by atoms with van der Waals surface area (Å²) in [4.78, 5) is 45.2. The van der Waals surface area contributed by atoms with Gasteiger partial charge in [-0.1, -0.05) is 0 Å². The number of anilines is 2. The lowest BCUT2D eigenvalue weighted by Crippen LogP contribution is -2.33. The third kappa shape index (κ3) is 6.21. The van der Waals surface area contributed by atoms with Gasteiger partial charge in [0.25, 0.3) is 5.91 Å². The first-order valence-corrected chi connectivity index (χ1v) is 13.6. The summed E-state index contributed by atoms with van der Waals surface area (Å²) in [5.74, 6) is -0.168. The van der Waals surface area contributed by atoms with Gasteiger partial charge in [0, 0.05) is 59.8 Å². The normalized spacial score (nSPS) is 13.3. The third-order valence-electron chi connectivity index (χ3n) is 7.13. The summed E-state index contributed by atoms with van der Waals surface area (Å²) in [6.07, 6.45) is 1.57. The quantitative estimate of drug-likeness (QED) is 0.235. The Morgan fingerprint density at radius 1 is 1.00 bits per heavy atom. The number of urea groups is 1. The fraction of sp³-hybridized carbons (Fsp3) is 0.219. The Balaban J connectivity index is 1.26. The number of benzene rings is 3. The largest absolute Gasteiger partial charge is 0.497 e. The number of rotatable bonds is 8. The number of hydrogen-bond acceptors (Lipinski definition) is 6. The van der Waals surface area contributed by atoms with Gasteiger partial charge in [-0.15, -0.1) is 0 Å². The van der Waals surface area contributed by atoms with Crippen LogP contribution in [0.5, 0.6) is 11.5 Å². The molecule has 1 aliphatic rings. The minimum atomic E-state index is -0.519. The van der Waals surface area contributed by atoms with Crippen molar-refractivity contribution in [1.82, 2.24) is 14.8 Å². The lowest BCUT2D eigenvalue weighted by Gasteiger charge is -2.19. The highest BCUT2D eigenvalue weighted by molar-refractivity contribution is 6.16. The number of allylic oxidation sites excluding steroid dienone is 1. The second kappa shape index (κ2) is 12.0. The smallest absolute Gasteiger partial charge is 0.323 e. The summed E-state index contributed by atoms with van der Waals surface area (Å²) in [6, 6.07) is 13.8. The van der Waals surface area contributed by atoms with E-state index in [4.69, 9.17) is 9.47 Å². The Morgan fingerprint density at radius 2 is 1.70 bits per heavy atom. The van der Waals surface area contributed by atoms with Crippen LogP contribution in [-0.4, -0.2) is 73.8 Å². The van der Waals surface area contributed by atoms with E-state index in [1.807, 2.05) is 19.0 Å². The predicted octanol–water partition coefficient (Wildman–Crippen LogP) is 5.52. The van der Waals surface area contributed by atoms with Crippen LogP contribution in [0.2, 0.25) is 0 Å². The number of ether oxygens (including phenoxy) is 2. The van der Waals surface area contributed by atoms with Crippen LogP contribution in [0, 0.1) is 12.7 Å². The van der Waals surface area contributed by atoms with E-state index >= 15 is 0 Å². The Morgan fingerprint density at radius 3 is 2.40 bits per heavy atom. The highest BCUT2D eigenvalue weighted by Crippen LogP contribution is 2.36. The highest BCUT2D eigenvalue weighted by atomic mass is 19.1. The number of aromatic nitrogens is 1. The summed E-state index contributed by atoms with van der Waals surface area (Å²) in [5.41, 5.74) is 3.26. The van der Waals surface area contributed by atoms with Gasteiger partial charge in [-0.05, 0) is 75.6 Å². The van der Waals surface area contributed by atoms with Crippen molar-refractivity contribution in [3.8, 4) is 11.5 Å². The summed E-state index contributed by atoms with van der Waals surface area (Å²) in [6.45, 7) is 3.13. The molecule has 2 heterocycles. The van der Waals surface area contributed by atoms with E-state index in [1.165, 1.54) is 19.2 Å². The highest BCUT2D eigenvalue weighted by Gasteiger charge is 2.29. The second-order valence-corrected chi connectivity index (χ2v) is 10.5. The topological polar surface area (TPSA) is 116 Å². The maximum absolute atomic E-state index is 14.6. The van der Waals surface area contributed by atoms with Crippen LogP contribution in [0.4, 0.5) is 20.6 Å². The maximum atomic E-state index is 14.6. The van der Waals surface area contributed by atoms with Crippen molar-refractivity contribution in [2.75, 3.05) is 52.0 Å². The van der Waals surface area contributed by atoms with Gasteiger partial charge in [-0.2, -0.15) is 0 Å². The fourth-order valence-electron chi connectivity index (χ4n) is 4.74. The number of carbonyl (C=O) groups excluding carboxylic acids is 3. The second-order valence-electron chi connectivity index (χ2n) is 10.5. The fourth-order valence-corrected chi connectivity index (χ4v) is 4.74. The van der Waals surface area contributed by atoms with Gasteiger partial charge in [0.1, 0.15) is 11.5 Å². The Labute approximate surface area is 248 Å². The molecule has 0 bridgehead atoms. The number of Topliss-reactive ketones (excluding diaryl/α,β-unsaturated/α-hetero) is 1. The first kappa shape index (κ1) is 29.3. The first-order valence-electron chi connectivity index (χ1n) is 13.6. The molecule has 0 radical (unpaired) electrons. The number of methoxy groups -OCH3 is 1. The van der Waals surface area contributed by atoms with E-state index in [9.17, 15) is 18.8 Å². The summed E-state index contributed by atoms with van der Waals surface area (Å²) < 4.78 is 25.6. The van der Waals surface area contributed by atoms with E-state index in [1.54, 1.807) is 67.4 Å². The molecule has 222 valence electrons. The van der Waals surface area contributed by atoms with Gasteiger partial charge in [0.05, 0.1) is 18.2 Å². The number of hydrogen-bond donors (Lipinski definition) is 3. The van der Waals surface area contributed by atoms with Crippen molar-refractivity contribution in [1.29, 1.82) is 0 Å². The molecule has 0 atom stereocenters. The molecular weight excluding hydrogens is 553 g/mol. The molecule has 0 saturated carbocycles. The van der Waals surface area contributed by atoms with Crippen molar-refractivity contribution in [3.63, 3.8) is 0 Å². The van der Waals surface area contributed by atoms with Gasteiger partial charge in [0.2, 0.25) is 5.78 Å². The van der Waals surface area contributed by atoms with Gasteiger partial charge >= 0.3 is 6.03 Å². The molecule has 5 rings (SSSR count). The molecule has 0 fully saturated rings. The first-order chi connectivity index (χ1) is 20.5. The zero-order chi connectivity index (χ0) is 30.8. The SMILES string of the molecule is COc1cc(F)c2[nH]c(C)c(/C=C3\Oc4ccc(NC(=O)Nc5ccc(C(=O)N(C)CCN(C)C)cc5)cc4C3=O)c2c1. The molecule has 0 saturated heterocycles. The van der Waals surface area contributed by atoms with Crippen LogP contribution in [-0.2, 0) is 0 Å². The van der Waals surface area contributed by atoms with E-state index in [0.717, 1.165) is 6.54 Å². The number of amides is 3. The average molecular weight is 586 g/mol. The van der Waals surface area contributed by atoms with E-state index in [-0.39, 0.29) is 23.0 Å². The van der Waals surface area contributed by atoms with Crippen LogP contribution < -0.4 is 20.1 Å². The number of fused-ring (bicyclic) bond motifs is 2. The van der Waals surface area contributed by atoms with Gasteiger partial charge in [0.15, 0.2) is 11.6 Å². The molecular formula is C32H32FN5O5. The van der Waals surface area contributed by atoms with Crippen LogP contribution in [0.1, 0.15) is 32.0 Å². The number of halogens is 1. The summed E-state index contributed by atoms with van der Waals surface area (Å²) in [5, 5.41) is 6.00. The zero-order valence-electron chi connectivity index (χ0n) is 24.5. The number of nitrogens with one attached hydrogen (secondary N) is 3. The van der Waals surface area contributed by atoms with Gasteiger partial charge < -0.3 is 34.9 Å². The number of likely N-dealkylation sites (N-methyl/N-ethyl adjacent to an activating group) is 2. The molecule has 43 heavy (non-hydrogen) atoms. The Kier molecular flexibility index (Phi) is 8.18. The molecule has 1 aromatic heterocycles. The van der Waals surface area contributed by atoms with Crippen molar-refractivity contribution >= 4 is 46.1 Å². The number of aromatic amines is 1. The molecule has 0 unspecified atom stereocenters. The molecule has 3 amide bonds. The van der Waals surface area contributed by atoms with Crippen molar-refractivity contribution in [2.24, 2.45) is 0 Å². The zero-order valence-corrected chi connectivity index (χ0v) is 24.5. The molecule has 3 aromatic carbocycles. The van der Waals surface area contributed by atoms with Crippen molar-refractivity contribution in [3.05, 3.63) is 88.6 Å². The van der Waals surface area contributed by atoms with Gasteiger partial charge in [-0.25, -0.2) is 9.18 Å². The molecule has 0 aliphatic carbocycles. The van der Waals surface area contributed by atoms with Crippen LogP contribution >= 0.6 is 0 Å². The number of ketones is 1. The van der Waals surface area contributed by atoms with Crippen molar-refractivity contribution < 1.29 is 28.2 Å². The molecule has 11 heteroatoms. The van der Waals surface area contributed by atoms with E-state index in [2.05, 4.69) is 15.6 Å². The van der Waals surface area contributed by atoms with Crippen molar-refractivity contribution in [2.45, 2.75) is 6.92 Å².